The maximum Gasteiger partial charge on any atom is 0.242 e. The van der Waals surface area contributed by atoms with Crippen LogP contribution in [0.2, 0.25) is 0 Å². The Morgan fingerprint density at radius 1 is 1.47 bits per heavy atom. The second-order valence-electron chi connectivity index (χ2n) is 4.23. The van der Waals surface area contributed by atoms with Gasteiger partial charge in [0.05, 0.1) is 18.2 Å². The molecule has 100 valence electrons. The number of carbonyl (C=O) groups excluding carboxylic acids is 1. The van der Waals surface area contributed by atoms with Gasteiger partial charge in [0, 0.05) is 18.3 Å². The number of imidazole rings is 1. The van der Waals surface area contributed by atoms with Crippen LogP contribution in [-0.4, -0.2) is 27.0 Å². The van der Waals surface area contributed by atoms with Crippen molar-refractivity contribution < 1.29 is 4.79 Å². The van der Waals surface area contributed by atoms with Crippen LogP contribution in [0, 0.1) is 0 Å². The fraction of sp³-hybridized carbons (Fsp3) is 0.308. The predicted molar refractivity (Wildman–Crippen MR) is 73.3 cm³/mol. The SMILES string of the molecule is CCNC(=O)C(C)n1cncc1-c1ccc(N)nc1. The Morgan fingerprint density at radius 3 is 2.89 bits per heavy atom. The highest BCUT2D eigenvalue weighted by Crippen LogP contribution is 2.22. The minimum absolute atomic E-state index is 0.0369. The molecule has 1 unspecified atom stereocenters. The summed E-state index contributed by atoms with van der Waals surface area (Å²) in [6, 6.07) is 3.26. The molecule has 0 fully saturated rings. The van der Waals surface area contributed by atoms with Crippen LogP contribution in [0.1, 0.15) is 19.9 Å². The van der Waals surface area contributed by atoms with E-state index >= 15 is 0 Å². The lowest BCUT2D eigenvalue weighted by molar-refractivity contribution is -0.123. The van der Waals surface area contributed by atoms with Gasteiger partial charge in [-0.05, 0) is 26.0 Å². The van der Waals surface area contributed by atoms with Crippen LogP contribution in [0.4, 0.5) is 5.82 Å². The zero-order valence-corrected chi connectivity index (χ0v) is 11.0. The van der Waals surface area contributed by atoms with Crippen LogP contribution in [0.15, 0.2) is 30.9 Å². The van der Waals surface area contributed by atoms with E-state index in [-0.39, 0.29) is 11.9 Å². The first-order chi connectivity index (χ1) is 9.13. The van der Waals surface area contributed by atoms with Gasteiger partial charge >= 0.3 is 0 Å². The molecule has 2 heterocycles. The topological polar surface area (TPSA) is 85.8 Å². The molecule has 0 aromatic carbocycles. The monoisotopic (exact) mass is 259 g/mol. The molecule has 1 amide bonds. The molecule has 6 heteroatoms. The number of aromatic nitrogens is 3. The lowest BCUT2D eigenvalue weighted by Crippen LogP contribution is -2.30. The van der Waals surface area contributed by atoms with E-state index in [4.69, 9.17) is 5.73 Å². The van der Waals surface area contributed by atoms with Gasteiger partial charge < -0.3 is 15.6 Å². The molecule has 0 saturated heterocycles. The summed E-state index contributed by atoms with van der Waals surface area (Å²) in [5.41, 5.74) is 7.28. The first-order valence-corrected chi connectivity index (χ1v) is 6.15. The third-order valence-corrected chi connectivity index (χ3v) is 2.90. The van der Waals surface area contributed by atoms with E-state index in [1.54, 1.807) is 24.8 Å². The highest BCUT2D eigenvalue weighted by Gasteiger charge is 2.17. The Labute approximate surface area is 111 Å². The van der Waals surface area contributed by atoms with Crippen molar-refractivity contribution >= 4 is 11.7 Å². The minimum atomic E-state index is -0.324. The smallest absolute Gasteiger partial charge is 0.242 e. The van der Waals surface area contributed by atoms with Gasteiger partial charge in [0.25, 0.3) is 0 Å². The molecule has 2 aromatic heterocycles. The molecule has 1 atom stereocenters. The van der Waals surface area contributed by atoms with Crippen LogP contribution in [0.25, 0.3) is 11.3 Å². The third-order valence-electron chi connectivity index (χ3n) is 2.90. The van der Waals surface area contributed by atoms with Crippen molar-refractivity contribution in [3.8, 4) is 11.3 Å². The molecule has 0 aliphatic carbocycles. The molecule has 0 aliphatic rings. The standard InChI is InChI=1S/C13H17N5O/c1-3-16-13(19)9(2)18-8-15-7-11(18)10-4-5-12(14)17-6-10/h4-9H,3H2,1-2H3,(H2,14,17)(H,16,19). The number of nitrogen functional groups attached to an aromatic ring is 1. The number of nitrogens with zero attached hydrogens (tertiary/aromatic N) is 3. The maximum atomic E-state index is 11.9. The lowest BCUT2D eigenvalue weighted by atomic mass is 10.2. The molecule has 2 aromatic rings. The number of carbonyl (C=O) groups is 1. The van der Waals surface area contributed by atoms with Gasteiger partial charge in [-0.15, -0.1) is 0 Å². The van der Waals surface area contributed by atoms with Crippen molar-refractivity contribution in [1.29, 1.82) is 0 Å². The molecule has 0 spiro atoms. The van der Waals surface area contributed by atoms with Gasteiger partial charge in [-0.1, -0.05) is 0 Å². The van der Waals surface area contributed by atoms with E-state index in [0.717, 1.165) is 11.3 Å². The van der Waals surface area contributed by atoms with Crippen LogP contribution in [0.5, 0.6) is 0 Å². The average molecular weight is 259 g/mol. The Bertz CT molecular complexity index is 561. The van der Waals surface area contributed by atoms with Crippen molar-refractivity contribution in [1.82, 2.24) is 19.9 Å². The molecule has 0 saturated carbocycles. The first kappa shape index (κ1) is 13.1. The van der Waals surface area contributed by atoms with E-state index in [1.165, 1.54) is 0 Å². The average Bonchev–Trinajstić information content (AvgIpc) is 2.88. The fourth-order valence-corrected chi connectivity index (χ4v) is 1.84. The normalized spacial score (nSPS) is 12.1. The van der Waals surface area contributed by atoms with Gasteiger partial charge in [-0.25, -0.2) is 9.97 Å². The number of nitrogens with one attached hydrogen (secondary N) is 1. The van der Waals surface area contributed by atoms with Gasteiger partial charge in [0.15, 0.2) is 0 Å². The molecule has 0 bridgehead atoms. The predicted octanol–water partition coefficient (Wildman–Crippen LogP) is 1.22. The van der Waals surface area contributed by atoms with Crippen LogP contribution in [-0.2, 0) is 4.79 Å². The minimum Gasteiger partial charge on any atom is -0.384 e. The van der Waals surface area contributed by atoms with Crippen molar-refractivity contribution in [2.24, 2.45) is 0 Å². The van der Waals surface area contributed by atoms with Crippen molar-refractivity contribution in [3.05, 3.63) is 30.9 Å². The maximum absolute atomic E-state index is 11.9. The zero-order chi connectivity index (χ0) is 13.8. The summed E-state index contributed by atoms with van der Waals surface area (Å²) >= 11 is 0. The molecule has 2 rings (SSSR count). The van der Waals surface area contributed by atoms with Crippen LogP contribution in [0.3, 0.4) is 0 Å². The number of nitrogens with two attached hydrogens (primary N) is 1. The fourth-order valence-electron chi connectivity index (χ4n) is 1.84. The lowest BCUT2D eigenvalue weighted by Gasteiger charge is -2.15. The van der Waals surface area contributed by atoms with Crippen molar-refractivity contribution in [3.63, 3.8) is 0 Å². The molecule has 19 heavy (non-hydrogen) atoms. The summed E-state index contributed by atoms with van der Waals surface area (Å²) in [6.45, 7) is 4.33. The third kappa shape index (κ3) is 2.73. The number of likely N-dealkylation sites (N-methyl/N-ethyl adjacent to an activating group) is 1. The summed E-state index contributed by atoms with van der Waals surface area (Å²) in [6.07, 6.45) is 5.03. The summed E-state index contributed by atoms with van der Waals surface area (Å²) in [5.74, 6) is 0.428. The van der Waals surface area contributed by atoms with E-state index in [9.17, 15) is 4.79 Å². The van der Waals surface area contributed by atoms with Gasteiger partial charge in [-0.3, -0.25) is 4.79 Å². The quantitative estimate of drug-likeness (QED) is 0.864. The second kappa shape index (κ2) is 5.51. The summed E-state index contributed by atoms with van der Waals surface area (Å²) in [7, 11) is 0. The Hall–Kier alpha value is -2.37. The Kier molecular flexibility index (Phi) is 3.79. The summed E-state index contributed by atoms with van der Waals surface area (Å²) in [4.78, 5) is 20.0. The summed E-state index contributed by atoms with van der Waals surface area (Å²) in [5, 5.41) is 2.80. The van der Waals surface area contributed by atoms with Gasteiger partial charge in [0.1, 0.15) is 11.9 Å². The van der Waals surface area contributed by atoms with E-state index in [0.29, 0.717) is 12.4 Å². The number of amides is 1. The first-order valence-electron chi connectivity index (χ1n) is 6.15. The van der Waals surface area contributed by atoms with Gasteiger partial charge in [-0.2, -0.15) is 0 Å². The molecule has 6 nitrogen and oxygen atoms in total. The highest BCUT2D eigenvalue weighted by atomic mass is 16.2. The highest BCUT2D eigenvalue weighted by molar-refractivity contribution is 5.80. The van der Waals surface area contributed by atoms with Crippen molar-refractivity contribution in [2.75, 3.05) is 12.3 Å². The van der Waals surface area contributed by atoms with Crippen molar-refractivity contribution in [2.45, 2.75) is 19.9 Å². The number of rotatable bonds is 4. The number of hydrogen-bond acceptors (Lipinski definition) is 4. The van der Waals surface area contributed by atoms with Crippen LogP contribution < -0.4 is 11.1 Å². The van der Waals surface area contributed by atoms with E-state index < -0.39 is 0 Å². The molecule has 0 aliphatic heterocycles. The number of anilines is 1. The van der Waals surface area contributed by atoms with E-state index in [2.05, 4.69) is 15.3 Å². The second-order valence-corrected chi connectivity index (χ2v) is 4.23. The zero-order valence-electron chi connectivity index (χ0n) is 11.0. The molecular weight excluding hydrogens is 242 g/mol. The molecule has 0 radical (unpaired) electrons. The van der Waals surface area contributed by atoms with Gasteiger partial charge in [0.2, 0.25) is 5.91 Å². The Morgan fingerprint density at radius 2 is 2.26 bits per heavy atom. The molecular formula is C13H17N5O. The largest absolute Gasteiger partial charge is 0.384 e. The number of hydrogen-bond donors (Lipinski definition) is 2. The number of pyridine rings is 1. The summed E-state index contributed by atoms with van der Waals surface area (Å²) < 4.78 is 1.82. The van der Waals surface area contributed by atoms with E-state index in [1.807, 2.05) is 24.5 Å². The Balaban J connectivity index is 2.32. The van der Waals surface area contributed by atoms with Crippen LogP contribution >= 0.6 is 0 Å². The molecule has 3 N–H and O–H groups in total.